The first-order valence-corrected chi connectivity index (χ1v) is 14.8. The normalized spacial score (nSPS) is 14.0. The van der Waals surface area contributed by atoms with Gasteiger partial charge < -0.3 is 24.7 Å². The standard InChI is InChI=1S/C31H36N8O5/c1-4-5-19-43-31(42)38-17-15-37(16-18-38)30(41)27(21(2)3)34-29(40)24-20-26(33-28(32-24)22-11-7-6-8-12-22)44-39-25-14-10-9-13-23(25)35-36-39/h6-14,20-21,27H,4-5,15-19H2,1-3H3,(H,34,40). The second-order valence-corrected chi connectivity index (χ2v) is 10.8. The number of aromatic nitrogens is 5. The number of ether oxygens (including phenoxy) is 1. The van der Waals surface area contributed by atoms with E-state index in [-0.39, 0.29) is 35.3 Å². The number of hydrogen-bond acceptors (Lipinski definition) is 9. The summed E-state index contributed by atoms with van der Waals surface area (Å²) in [6, 6.07) is 17.1. The molecule has 2 aromatic heterocycles. The Bertz CT molecular complexity index is 1600. The van der Waals surface area contributed by atoms with Crippen LogP contribution in [-0.4, -0.2) is 91.7 Å². The van der Waals surface area contributed by atoms with E-state index >= 15 is 0 Å². The molecule has 44 heavy (non-hydrogen) atoms. The van der Waals surface area contributed by atoms with Gasteiger partial charge in [-0.3, -0.25) is 9.59 Å². The van der Waals surface area contributed by atoms with E-state index in [0.717, 1.165) is 12.8 Å². The van der Waals surface area contributed by atoms with Crippen LogP contribution in [-0.2, 0) is 9.53 Å². The van der Waals surface area contributed by atoms with Gasteiger partial charge in [0.05, 0.1) is 6.61 Å². The molecule has 3 heterocycles. The molecule has 1 unspecified atom stereocenters. The second-order valence-electron chi connectivity index (χ2n) is 10.8. The lowest BCUT2D eigenvalue weighted by Gasteiger charge is -2.36. The van der Waals surface area contributed by atoms with Crippen LogP contribution in [0.1, 0.15) is 44.1 Å². The SMILES string of the molecule is CCCCOC(=O)N1CCN(C(=O)C(NC(=O)c2cc(On3nnc4ccccc43)nc(-c3ccccc3)n2)C(C)C)CC1. The smallest absolute Gasteiger partial charge is 0.409 e. The van der Waals surface area contributed by atoms with Crippen molar-refractivity contribution in [2.75, 3.05) is 32.8 Å². The van der Waals surface area contributed by atoms with Crippen LogP contribution >= 0.6 is 0 Å². The molecule has 1 aliphatic rings. The molecule has 4 aromatic rings. The van der Waals surface area contributed by atoms with Crippen molar-refractivity contribution in [1.29, 1.82) is 0 Å². The second kappa shape index (κ2) is 13.9. The van der Waals surface area contributed by atoms with Gasteiger partial charge in [-0.25, -0.2) is 9.78 Å². The van der Waals surface area contributed by atoms with Gasteiger partial charge in [0, 0.05) is 37.8 Å². The van der Waals surface area contributed by atoms with Crippen LogP contribution < -0.4 is 10.2 Å². The van der Waals surface area contributed by atoms with Crippen molar-refractivity contribution in [3.63, 3.8) is 0 Å². The first-order chi connectivity index (χ1) is 21.3. The van der Waals surface area contributed by atoms with Crippen LogP contribution in [0.4, 0.5) is 4.79 Å². The van der Waals surface area contributed by atoms with E-state index in [4.69, 9.17) is 9.57 Å². The molecule has 0 spiro atoms. The van der Waals surface area contributed by atoms with E-state index < -0.39 is 11.9 Å². The average Bonchev–Trinajstić information content (AvgIpc) is 3.46. The number of carbonyl (C=O) groups is 3. The van der Waals surface area contributed by atoms with Gasteiger partial charge in [0.1, 0.15) is 22.8 Å². The first-order valence-electron chi connectivity index (χ1n) is 14.8. The highest BCUT2D eigenvalue weighted by Gasteiger charge is 2.33. The van der Waals surface area contributed by atoms with E-state index in [1.165, 1.54) is 10.9 Å². The minimum Gasteiger partial charge on any atom is -0.449 e. The number of piperazine rings is 1. The fourth-order valence-electron chi connectivity index (χ4n) is 4.74. The number of rotatable bonds is 10. The molecular weight excluding hydrogens is 564 g/mol. The molecule has 1 fully saturated rings. The number of para-hydroxylation sites is 1. The van der Waals surface area contributed by atoms with Crippen molar-refractivity contribution < 1.29 is 24.0 Å². The highest BCUT2D eigenvalue weighted by atomic mass is 16.7. The maximum absolute atomic E-state index is 13.6. The van der Waals surface area contributed by atoms with Gasteiger partial charge in [-0.15, -0.1) is 5.10 Å². The number of hydrogen-bond donors (Lipinski definition) is 1. The Labute approximate surface area is 255 Å². The molecule has 13 heteroatoms. The van der Waals surface area contributed by atoms with Gasteiger partial charge in [0.25, 0.3) is 11.8 Å². The summed E-state index contributed by atoms with van der Waals surface area (Å²) < 4.78 is 5.31. The number of amides is 3. The summed E-state index contributed by atoms with van der Waals surface area (Å²) in [7, 11) is 0. The molecule has 1 N–H and O–H groups in total. The molecule has 0 radical (unpaired) electrons. The molecule has 2 aromatic carbocycles. The molecule has 1 atom stereocenters. The van der Waals surface area contributed by atoms with Crippen molar-refractivity contribution >= 4 is 28.9 Å². The van der Waals surface area contributed by atoms with Crippen molar-refractivity contribution in [2.24, 2.45) is 5.92 Å². The van der Waals surface area contributed by atoms with Gasteiger partial charge in [0.15, 0.2) is 5.82 Å². The zero-order valence-corrected chi connectivity index (χ0v) is 25.0. The van der Waals surface area contributed by atoms with Crippen LogP contribution in [0.25, 0.3) is 22.4 Å². The Hall–Kier alpha value is -5.07. The number of nitrogens with zero attached hydrogens (tertiary/aromatic N) is 7. The van der Waals surface area contributed by atoms with E-state index in [2.05, 4.69) is 25.6 Å². The Morgan fingerprint density at radius 2 is 1.64 bits per heavy atom. The quantitative estimate of drug-likeness (QED) is 0.270. The highest BCUT2D eigenvalue weighted by Crippen LogP contribution is 2.21. The van der Waals surface area contributed by atoms with Crippen LogP contribution in [0.2, 0.25) is 0 Å². The Kier molecular flexibility index (Phi) is 9.62. The van der Waals surface area contributed by atoms with Gasteiger partial charge in [0.2, 0.25) is 5.91 Å². The van der Waals surface area contributed by atoms with Crippen LogP contribution in [0, 0.1) is 5.92 Å². The number of carbonyl (C=O) groups excluding carboxylic acids is 3. The monoisotopic (exact) mass is 600 g/mol. The summed E-state index contributed by atoms with van der Waals surface area (Å²) in [5.41, 5.74) is 1.96. The van der Waals surface area contributed by atoms with Crippen LogP contribution in [0.5, 0.6) is 5.88 Å². The molecule has 230 valence electrons. The first kappa shape index (κ1) is 30.4. The molecule has 5 rings (SSSR count). The van der Waals surface area contributed by atoms with Gasteiger partial charge >= 0.3 is 6.09 Å². The summed E-state index contributed by atoms with van der Waals surface area (Å²) in [6.07, 6.45) is 1.38. The largest absolute Gasteiger partial charge is 0.449 e. The fourth-order valence-corrected chi connectivity index (χ4v) is 4.74. The maximum atomic E-state index is 13.6. The van der Waals surface area contributed by atoms with E-state index in [1.54, 1.807) is 21.9 Å². The minimum atomic E-state index is -0.815. The Morgan fingerprint density at radius 1 is 0.932 bits per heavy atom. The third-order valence-corrected chi connectivity index (χ3v) is 7.26. The van der Waals surface area contributed by atoms with E-state index in [0.29, 0.717) is 49.4 Å². The summed E-state index contributed by atoms with van der Waals surface area (Å²) in [4.78, 5) is 59.0. The van der Waals surface area contributed by atoms with Gasteiger partial charge in [-0.05, 0) is 29.7 Å². The Morgan fingerprint density at radius 3 is 2.36 bits per heavy atom. The lowest BCUT2D eigenvalue weighted by molar-refractivity contribution is -0.135. The molecule has 0 aliphatic carbocycles. The summed E-state index contributed by atoms with van der Waals surface area (Å²) in [5.74, 6) is -0.643. The highest BCUT2D eigenvalue weighted by molar-refractivity contribution is 5.96. The third kappa shape index (κ3) is 7.10. The average molecular weight is 601 g/mol. The number of nitrogens with one attached hydrogen (secondary N) is 1. The fraction of sp³-hybridized carbons (Fsp3) is 0.387. The van der Waals surface area contributed by atoms with E-state index in [9.17, 15) is 14.4 Å². The van der Waals surface area contributed by atoms with Crippen LogP contribution in [0.3, 0.4) is 0 Å². The molecule has 0 bridgehead atoms. The molecule has 0 saturated carbocycles. The van der Waals surface area contributed by atoms with Crippen molar-refractivity contribution in [2.45, 2.75) is 39.7 Å². The topological polar surface area (TPSA) is 145 Å². The molecule has 1 aliphatic heterocycles. The van der Waals surface area contributed by atoms with Gasteiger partial charge in [-0.1, -0.05) is 74.5 Å². The molecule has 13 nitrogen and oxygen atoms in total. The zero-order chi connectivity index (χ0) is 31.1. The Balaban J connectivity index is 1.33. The van der Waals surface area contributed by atoms with E-state index in [1.807, 2.05) is 63.2 Å². The van der Waals surface area contributed by atoms with Crippen LogP contribution in [0.15, 0.2) is 60.7 Å². The molecular formula is C31H36N8O5. The minimum absolute atomic E-state index is 0.0244. The predicted octanol–water partition coefficient (Wildman–Crippen LogP) is 3.57. The number of fused-ring (bicyclic) bond motifs is 1. The molecule has 1 saturated heterocycles. The molecule has 3 amide bonds. The van der Waals surface area contributed by atoms with Crippen molar-refractivity contribution in [3.05, 3.63) is 66.4 Å². The summed E-state index contributed by atoms with van der Waals surface area (Å²) >= 11 is 0. The summed E-state index contributed by atoms with van der Waals surface area (Å²) in [6.45, 7) is 7.55. The van der Waals surface area contributed by atoms with Crippen molar-refractivity contribution in [1.82, 2.24) is 40.2 Å². The summed E-state index contributed by atoms with van der Waals surface area (Å²) in [5, 5.41) is 11.0. The third-order valence-electron chi connectivity index (χ3n) is 7.26. The zero-order valence-electron chi connectivity index (χ0n) is 25.0. The number of benzene rings is 2. The van der Waals surface area contributed by atoms with Crippen molar-refractivity contribution in [3.8, 4) is 17.3 Å². The maximum Gasteiger partial charge on any atom is 0.409 e. The lowest BCUT2D eigenvalue weighted by Crippen LogP contribution is -2.57. The lowest BCUT2D eigenvalue weighted by atomic mass is 10.0. The van der Waals surface area contributed by atoms with Gasteiger partial charge in [-0.2, -0.15) is 4.98 Å². The number of unbranched alkanes of at least 4 members (excludes halogenated alkanes) is 1. The predicted molar refractivity (Wildman–Crippen MR) is 162 cm³/mol.